The first-order valence-electron chi connectivity index (χ1n) is 7.03. The van der Waals surface area contributed by atoms with Crippen LogP contribution in [0.1, 0.15) is 18.9 Å². The molecule has 1 aliphatic rings. The second-order valence-electron chi connectivity index (χ2n) is 5.42. The molecule has 0 aromatic heterocycles. The highest BCUT2D eigenvalue weighted by atomic mass is 79.9. The van der Waals surface area contributed by atoms with Crippen LogP contribution in [0.15, 0.2) is 53.0 Å². The van der Waals surface area contributed by atoms with Gasteiger partial charge in [0, 0.05) is 23.5 Å². The first-order chi connectivity index (χ1) is 10.1. The Bertz CT molecular complexity index is 654. The molecule has 1 unspecified atom stereocenters. The van der Waals surface area contributed by atoms with Gasteiger partial charge in [0.15, 0.2) is 0 Å². The summed E-state index contributed by atoms with van der Waals surface area (Å²) in [6.07, 6.45) is 0.576. The van der Waals surface area contributed by atoms with E-state index in [1.807, 2.05) is 17.1 Å². The summed E-state index contributed by atoms with van der Waals surface area (Å²) in [6, 6.07) is 17.0. The first-order valence-corrected chi connectivity index (χ1v) is 7.82. The van der Waals surface area contributed by atoms with E-state index in [1.54, 1.807) is 0 Å². The number of nitrogens with one attached hydrogen (secondary N) is 1. The zero-order valence-corrected chi connectivity index (χ0v) is 13.4. The van der Waals surface area contributed by atoms with Gasteiger partial charge in [0.05, 0.1) is 0 Å². The summed E-state index contributed by atoms with van der Waals surface area (Å²) in [6.45, 7) is 2.80. The maximum atomic E-state index is 11.4. The Morgan fingerprint density at radius 3 is 2.62 bits per heavy atom. The Morgan fingerprint density at radius 2 is 1.95 bits per heavy atom. The van der Waals surface area contributed by atoms with Crippen molar-refractivity contribution in [1.82, 2.24) is 10.4 Å². The normalized spacial score (nSPS) is 18.8. The summed E-state index contributed by atoms with van der Waals surface area (Å²) in [5, 5.41) is 2.00. The highest BCUT2D eigenvalue weighted by Gasteiger charge is 2.26. The smallest absolute Gasteiger partial charge is 0.235 e. The van der Waals surface area contributed by atoms with Gasteiger partial charge in [-0.15, -0.1) is 0 Å². The van der Waals surface area contributed by atoms with Crippen LogP contribution in [0.5, 0.6) is 0 Å². The molecule has 0 bridgehead atoms. The van der Waals surface area contributed by atoms with Gasteiger partial charge < -0.3 is 0 Å². The number of amides is 1. The van der Waals surface area contributed by atoms with Crippen molar-refractivity contribution in [3.05, 3.63) is 58.6 Å². The third kappa shape index (κ3) is 3.34. The minimum Gasteiger partial charge on any atom is -0.288 e. The van der Waals surface area contributed by atoms with Crippen LogP contribution in [0.3, 0.4) is 0 Å². The molecule has 0 spiro atoms. The number of carbonyl (C=O) groups is 1. The van der Waals surface area contributed by atoms with Crippen LogP contribution in [0.2, 0.25) is 0 Å². The number of rotatable bonds is 3. The highest BCUT2D eigenvalue weighted by molar-refractivity contribution is 9.10. The van der Waals surface area contributed by atoms with Gasteiger partial charge >= 0.3 is 0 Å². The second-order valence-corrected chi connectivity index (χ2v) is 6.34. The molecule has 21 heavy (non-hydrogen) atoms. The lowest BCUT2D eigenvalue weighted by Gasteiger charge is -2.20. The average Bonchev–Trinajstić information content (AvgIpc) is 2.78. The van der Waals surface area contributed by atoms with E-state index in [0.29, 0.717) is 6.42 Å². The van der Waals surface area contributed by atoms with Crippen molar-refractivity contribution in [2.24, 2.45) is 0 Å². The Hall–Kier alpha value is -1.65. The molecule has 2 aromatic rings. The molecule has 1 saturated heterocycles. The Morgan fingerprint density at radius 1 is 1.19 bits per heavy atom. The van der Waals surface area contributed by atoms with Crippen molar-refractivity contribution in [1.29, 1.82) is 0 Å². The molecule has 0 radical (unpaired) electrons. The van der Waals surface area contributed by atoms with Crippen molar-refractivity contribution in [3.8, 4) is 11.1 Å². The molecule has 0 aliphatic carbocycles. The van der Waals surface area contributed by atoms with Crippen LogP contribution in [-0.2, 0) is 11.3 Å². The molecule has 108 valence electrons. The van der Waals surface area contributed by atoms with E-state index in [1.165, 1.54) is 16.7 Å². The first kappa shape index (κ1) is 14.3. The molecule has 4 heteroatoms. The van der Waals surface area contributed by atoms with Gasteiger partial charge in [-0.1, -0.05) is 46.3 Å². The second kappa shape index (κ2) is 6.00. The predicted molar refractivity (Wildman–Crippen MR) is 87.3 cm³/mol. The molecule has 3 rings (SSSR count). The van der Waals surface area contributed by atoms with E-state index in [0.717, 1.165) is 11.0 Å². The standard InChI is InChI=1S/C17H17BrN2O/c1-12-9-17(21)19-20(12)11-13-3-2-4-15(10-13)14-5-7-16(18)8-6-14/h2-8,10,12H,9,11H2,1H3,(H,19,21). The Kier molecular flexibility index (Phi) is 4.08. The van der Waals surface area contributed by atoms with E-state index in [-0.39, 0.29) is 11.9 Å². The fraction of sp³-hybridized carbons (Fsp3) is 0.235. The van der Waals surface area contributed by atoms with E-state index in [4.69, 9.17) is 0 Å². The number of hydrogen-bond acceptors (Lipinski definition) is 2. The van der Waals surface area contributed by atoms with Crippen LogP contribution < -0.4 is 5.43 Å². The molecular weight excluding hydrogens is 328 g/mol. The number of hydrogen-bond donors (Lipinski definition) is 1. The summed E-state index contributed by atoms with van der Waals surface area (Å²) >= 11 is 3.46. The maximum Gasteiger partial charge on any atom is 0.235 e. The summed E-state index contributed by atoms with van der Waals surface area (Å²) in [4.78, 5) is 11.4. The van der Waals surface area contributed by atoms with E-state index >= 15 is 0 Å². The van der Waals surface area contributed by atoms with E-state index < -0.39 is 0 Å². The largest absolute Gasteiger partial charge is 0.288 e. The summed E-state index contributed by atoms with van der Waals surface area (Å²) in [7, 11) is 0. The number of halogens is 1. The zero-order valence-electron chi connectivity index (χ0n) is 11.8. The fourth-order valence-corrected chi connectivity index (χ4v) is 2.84. The lowest BCUT2D eigenvalue weighted by molar-refractivity contribution is -0.121. The van der Waals surface area contributed by atoms with Gasteiger partial charge in [-0.2, -0.15) is 0 Å². The van der Waals surface area contributed by atoms with Crippen molar-refractivity contribution in [2.75, 3.05) is 0 Å². The minimum atomic E-state index is 0.103. The summed E-state index contributed by atoms with van der Waals surface area (Å²) in [5.41, 5.74) is 6.49. The Balaban J connectivity index is 1.80. The van der Waals surface area contributed by atoms with Gasteiger partial charge in [0.2, 0.25) is 5.91 Å². The third-order valence-corrected chi connectivity index (χ3v) is 4.27. The lowest BCUT2D eigenvalue weighted by Crippen LogP contribution is -2.36. The van der Waals surface area contributed by atoms with Gasteiger partial charge in [0.25, 0.3) is 0 Å². The highest BCUT2D eigenvalue weighted by Crippen LogP contribution is 2.23. The van der Waals surface area contributed by atoms with Crippen molar-refractivity contribution < 1.29 is 4.79 Å². The van der Waals surface area contributed by atoms with E-state index in [9.17, 15) is 4.79 Å². The van der Waals surface area contributed by atoms with Gasteiger partial charge in [0.1, 0.15) is 0 Å². The maximum absolute atomic E-state index is 11.4. The quantitative estimate of drug-likeness (QED) is 0.919. The summed E-state index contributed by atoms with van der Waals surface area (Å²) < 4.78 is 1.08. The molecule has 1 heterocycles. The molecule has 2 aromatic carbocycles. The molecule has 1 atom stereocenters. The molecule has 1 aliphatic heterocycles. The molecule has 0 saturated carbocycles. The van der Waals surface area contributed by atoms with Crippen LogP contribution in [0.4, 0.5) is 0 Å². The van der Waals surface area contributed by atoms with Crippen LogP contribution in [0.25, 0.3) is 11.1 Å². The number of nitrogens with zero attached hydrogens (tertiary/aromatic N) is 1. The predicted octanol–water partition coefficient (Wildman–Crippen LogP) is 3.74. The molecule has 3 nitrogen and oxygen atoms in total. The van der Waals surface area contributed by atoms with Crippen LogP contribution >= 0.6 is 15.9 Å². The summed E-state index contributed by atoms with van der Waals surface area (Å²) in [5.74, 6) is 0.103. The number of carbonyl (C=O) groups excluding carboxylic acids is 1. The minimum absolute atomic E-state index is 0.103. The molecular formula is C17H17BrN2O. The molecule has 1 N–H and O–H groups in total. The fourth-order valence-electron chi connectivity index (χ4n) is 2.58. The average molecular weight is 345 g/mol. The topological polar surface area (TPSA) is 32.3 Å². The number of benzene rings is 2. The van der Waals surface area contributed by atoms with Gasteiger partial charge in [-0.3, -0.25) is 10.2 Å². The monoisotopic (exact) mass is 344 g/mol. The van der Waals surface area contributed by atoms with Gasteiger partial charge in [-0.05, 0) is 41.8 Å². The van der Waals surface area contributed by atoms with E-state index in [2.05, 4.69) is 64.7 Å². The van der Waals surface area contributed by atoms with Crippen molar-refractivity contribution >= 4 is 21.8 Å². The zero-order chi connectivity index (χ0) is 14.8. The van der Waals surface area contributed by atoms with Gasteiger partial charge in [-0.25, -0.2) is 5.01 Å². The third-order valence-electron chi connectivity index (χ3n) is 3.74. The molecule has 1 amide bonds. The Labute approximate surface area is 133 Å². The van der Waals surface area contributed by atoms with Crippen LogP contribution in [0, 0.1) is 0 Å². The van der Waals surface area contributed by atoms with Crippen LogP contribution in [-0.4, -0.2) is 17.0 Å². The SMILES string of the molecule is CC1CC(=O)NN1Cc1cccc(-c2ccc(Br)cc2)c1. The lowest BCUT2D eigenvalue weighted by atomic mass is 10.0. The van der Waals surface area contributed by atoms with Crippen molar-refractivity contribution in [3.63, 3.8) is 0 Å². The molecule has 1 fully saturated rings. The number of hydrazine groups is 1. The van der Waals surface area contributed by atoms with Crippen molar-refractivity contribution in [2.45, 2.75) is 25.9 Å².